The lowest BCUT2D eigenvalue weighted by Gasteiger charge is -2.24. The van der Waals surface area contributed by atoms with Crippen LogP contribution in [0.15, 0.2) is 0 Å². The molecule has 1 heterocycles. The van der Waals surface area contributed by atoms with Crippen LogP contribution in [0.2, 0.25) is 0 Å². The van der Waals surface area contributed by atoms with Crippen LogP contribution in [0.5, 0.6) is 0 Å². The van der Waals surface area contributed by atoms with Gasteiger partial charge in [-0.1, -0.05) is 13.8 Å². The highest BCUT2D eigenvalue weighted by molar-refractivity contribution is 5.72. The first kappa shape index (κ1) is 14.2. The minimum Gasteiger partial charge on any atom is -0.458 e. The molecule has 5 heteroatoms. The van der Waals surface area contributed by atoms with E-state index in [0.29, 0.717) is 0 Å². The number of rotatable bonds is 3. The Morgan fingerprint density at radius 3 is 2.16 bits per heavy atom. The van der Waals surface area contributed by atoms with Crippen LogP contribution in [0.4, 0.5) is 4.79 Å². The van der Waals surface area contributed by atoms with Crippen LogP contribution < -0.4 is 0 Å². The van der Waals surface area contributed by atoms with Gasteiger partial charge in [-0.3, -0.25) is 4.79 Å². The van der Waals surface area contributed by atoms with Crippen molar-refractivity contribution in [2.24, 2.45) is 5.92 Å². The molecule has 0 bridgehead atoms. The highest BCUT2D eigenvalue weighted by atomic mass is 16.6. The zero-order valence-corrected chi connectivity index (χ0v) is 11.8. The van der Waals surface area contributed by atoms with Crippen molar-refractivity contribution in [2.75, 3.05) is 13.1 Å². The van der Waals surface area contributed by atoms with Crippen molar-refractivity contribution < 1.29 is 19.1 Å². The summed E-state index contributed by atoms with van der Waals surface area (Å²) in [5.41, 5.74) is 0. The Balaban J connectivity index is 1.84. The minimum absolute atomic E-state index is 0.143. The SMILES string of the molecule is CC(C)C(=O)O[C@H]1CCC[C@H]1OC(=O)N1CCCC1. The first-order valence-corrected chi connectivity index (χ1v) is 7.24. The largest absolute Gasteiger partial charge is 0.458 e. The molecule has 2 atom stereocenters. The summed E-state index contributed by atoms with van der Waals surface area (Å²) in [6.45, 7) is 5.18. The fraction of sp³-hybridized carbons (Fsp3) is 0.857. The smallest absolute Gasteiger partial charge is 0.410 e. The number of amides is 1. The molecule has 0 aromatic carbocycles. The first-order valence-electron chi connectivity index (χ1n) is 7.24. The molecule has 1 saturated carbocycles. The van der Waals surface area contributed by atoms with Crippen LogP contribution in [0.25, 0.3) is 0 Å². The molecule has 1 aliphatic carbocycles. The van der Waals surface area contributed by atoms with Gasteiger partial charge in [-0.25, -0.2) is 4.79 Å². The maximum Gasteiger partial charge on any atom is 0.410 e. The third kappa shape index (κ3) is 3.61. The van der Waals surface area contributed by atoms with Crippen LogP contribution in [0.3, 0.4) is 0 Å². The number of hydrogen-bond donors (Lipinski definition) is 0. The Kier molecular flexibility index (Phi) is 4.66. The molecule has 0 spiro atoms. The van der Waals surface area contributed by atoms with Gasteiger partial charge in [-0.2, -0.15) is 0 Å². The number of likely N-dealkylation sites (tertiary alicyclic amines) is 1. The zero-order chi connectivity index (χ0) is 13.8. The Hall–Kier alpha value is -1.26. The maximum absolute atomic E-state index is 11.9. The van der Waals surface area contributed by atoms with Crippen LogP contribution in [-0.4, -0.2) is 42.3 Å². The second-order valence-electron chi connectivity index (χ2n) is 5.68. The normalized spacial score (nSPS) is 26.8. The highest BCUT2D eigenvalue weighted by Crippen LogP contribution is 2.26. The van der Waals surface area contributed by atoms with Gasteiger partial charge in [-0.05, 0) is 32.1 Å². The topological polar surface area (TPSA) is 55.8 Å². The lowest BCUT2D eigenvalue weighted by atomic mass is 10.2. The van der Waals surface area contributed by atoms with Crippen LogP contribution in [0, 0.1) is 5.92 Å². The molecule has 1 amide bonds. The Morgan fingerprint density at radius 1 is 1.00 bits per heavy atom. The van der Waals surface area contributed by atoms with Gasteiger partial charge in [0.2, 0.25) is 0 Å². The summed E-state index contributed by atoms with van der Waals surface area (Å²) in [5, 5.41) is 0. The summed E-state index contributed by atoms with van der Waals surface area (Å²) in [5.74, 6) is -0.357. The van der Waals surface area contributed by atoms with Gasteiger partial charge in [-0.15, -0.1) is 0 Å². The summed E-state index contributed by atoms with van der Waals surface area (Å²) in [6, 6.07) is 0. The average Bonchev–Trinajstić information content (AvgIpc) is 3.00. The van der Waals surface area contributed by atoms with E-state index in [2.05, 4.69) is 0 Å². The Labute approximate surface area is 114 Å². The molecule has 19 heavy (non-hydrogen) atoms. The predicted octanol–water partition coefficient (Wildman–Crippen LogP) is 2.34. The lowest BCUT2D eigenvalue weighted by molar-refractivity contribution is -0.157. The summed E-state index contributed by atoms with van der Waals surface area (Å²) < 4.78 is 10.9. The molecule has 1 aliphatic heterocycles. The minimum atomic E-state index is -0.268. The van der Waals surface area contributed by atoms with Crippen molar-refractivity contribution in [3.05, 3.63) is 0 Å². The summed E-state index contributed by atoms with van der Waals surface area (Å²) >= 11 is 0. The van der Waals surface area contributed by atoms with Gasteiger partial charge in [0.15, 0.2) is 0 Å². The number of esters is 1. The van der Waals surface area contributed by atoms with E-state index in [1.54, 1.807) is 4.90 Å². The first-order chi connectivity index (χ1) is 9.08. The van der Waals surface area contributed by atoms with Crippen LogP contribution in [0.1, 0.15) is 46.0 Å². The molecule has 0 N–H and O–H groups in total. The van der Waals surface area contributed by atoms with Gasteiger partial charge < -0.3 is 14.4 Å². The van der Waals surface area contributed by atoms with Crippen molar-refractivity contribution in [3.8, 4) is 0 Å². The summed E-state index contributed by atoms with van der Waals surface area (Å²) in [6.07, 6.45) is 3.82. The van der Waals surface area contributed by atoms with E-state index in [1.165, 1.54) is 0 Å². The standard InChI is InChI=1S/C14H23NO4/c1-10(2)13(16)18-11-6-5-7-12(11)19-14(17)15-8-3-4-9-15/h10-12H,3-9H2,1-2H3/t11-,12+/m0/s1. The molecule has 2 rings (SSSR count). The molecule has 108 valence electrons. The number of carbonyl (C=O) groups excluding carboxylic acids is 2. The van der Waals surface area contributed by atoms with Gasteiger partial charge in [0.05, 0.1) is 5.92 Å². The Bertz CT molecular complexity index is 336. The van der Waals surface area contributed by atoms with Crippen molar-refractivity contribution in [1.29, 1.82) is 0 Å². The Morgan fingerprint density at radius 2 is 1.58 bits per heavy atom. The van der Waals surface area contributed by atoms with Crippen molar-refractivity contribution >= 4 is 12.1 Å². The van der Waals surface area contributed by atoms with E-state index in [1.807, 2.05) is 13.8 Å². The van der Waals surface area contributed by atoms with Crippen molar-refractivity contribution in [3.63, 3.8) is 0 Å². The molecule has 2 fully saturated rings. The number of nitrogens with zero attached hydrogens (tertiary/aromatic N) is 1. The molecule has 0 aromatic heterocycles. The van der Waals surface area contributed by atoms with Crippen LogP contribution >= 0.6 is 0 Å². The van der Waals surface area contributed by atoms with E-state index in [-0.39, 0.29) is 30.2 Å². The molecule has 0 radical (unpaired) electrons. The predicted molar refractivity (Wildman–Crippen MR) is 69.6 cm³/mol. The third-order valence-electron chi connectivity index (χ3n) is 3.75. The van der Waals surface area contributed by atoms with E-state index < -0.39 is 0 Å². The number of ether oxygens (including phenoxy) is 2. The van der Waals surface area contributed by atoms with Gasteiger partial charge in [0, 0.05) is 13.1 Å². The van der Waals surface area contributed by atoms with Gasteiger partial charge in [0.1, 0.15) is 12.2 Å². The van der Waals surface area contributed by atoms with E-state index in [4.69, 9.17) is 9.47 Å². The molecular weight excluding hydrogens is 246 g/mol. The highest BCUT2D eigenvalue weighted by Gasteiger charge is 2.35. The number of hydrogen-bond acceptors (Lipinski definition) is 4. The molecule has 2 aliphatic rings. The van der Waals surface area contributed by atoms with E-state index in [0.717, 1.165) is 45.2 Å². The van der Waals surface area contributed by atoms with E-state index in [9.17, 15) is 9.59 Å². The quantitative estimate of drug-likeness (QED) is 0.738. The molecule has 1 saturated heterocycles. The molecule has 0 aromatic rings. The monoisotopic (exact) mass is 269 g/mol. The number of carbonyl (C=O) groups is 2. The maximum atomic E-state index is 11.9. The van der Waals surface area contributed by atoms with Crippen molar-refractivity contribution in [1.82, 2.24) is 4.90 Å². The van der Waals surface area contributed by atoms with E-state index >= 15 is 0 Å². The molecule has 5 nitrogen and oxygen atoms in total. The summed E-state index contributed by atoms with van der Waals surface area (Å²) in [7, 11) is 0. The lowest BCUT2D eigenvalue weighted by Crippen LogP contribution is -2.37. The van der Waals surface area contributed by atoms with Crippen molar-refractivity contribution in [2.45, 2.75) is 58.2 Å². The molecular formula is C14H23NO4. The molecule has 0 unspecified atom stereocenters. The third-order valence-corrected chi connectivity index (χ3v) is 3.75. The fourth-order valence-corrected chi connectivity index (χ4v) is 2.55. The van der Waals surface area contributed by atoms with Crippen LogP contribution in [-0.2, 0) is 14.3 Å². The average molecular weight is 269 g/mol. The second-order valence-corrected chi connectivity index (χ2v) is 5.68. The van der Waals surface area contributed by atoms with Gasteiger partial charge in [0.25, 0.3) is 0 Å². The fourth-order valence-electron chi connectivity index (χ4n) is 2.55. The second kappa shape index (κ2) is 6.26. The zero-order valence-electron chi connectivity index (χ0n) is 11.8. The van der Waals surface area contributed by atoms with Gasteiger partial charge >= 0.3 is 12.1 Å². The summed E-state index contributed by atoms with van der Waals surface area (Å²) in [4.78, 5) is 25.3.